The molecule has 0 aliphatic rings. The molecule has 3 aromatic carbocycles. The molecular formula is C16H13. The summed E-state index contributed by atoms with van der Waals surface area (Å²) >= 11 is 0. The van der Waals surface area contributed by atoms with Crippen LogP contribution in [0.3, 0.4) is 0 Å². The van der Waals surface area contributed by atoms with E-state index in [2.05, 4.69) is 62.4 Å². The molecule has 0 saturated heterocycles. The van der Waals surface area contributed by atoms with Gasteiger partial charge in [0.1, 0.15) is 0 Å². The average Bonchev–Trinajstić information content (AvgIpc) is 2.31. The molecule has 0 spiro atoms. The van der Waals surface area contributed by atoms with E-state index in [1.807, 2.05) is 0 Å². The molecule has 0 aromatic heterocycles. The molecule has 0 amide bonds. The van der Waals surface area contributed by atoms with E-state index in [-0.39, 0.29) is 0 Å². The van der Waals surface area contributed by atoms with Crippen molar-refractivity contribution < 1.29 is 0 Å². The molecular weight excluding hydrogens is 192 g/mol. The van der Waals surface area contributed by atoms with Crippen LogP contribution in [0.4, 0.5) is 0 Å². The van der Waals surface area contributed by atoms with Crippen LogP contribution >= 0.6 is 0 Å². The van der Waals surface area contributed by atoms with Gasteiger partial charge in [-0.25, -0.2) is 0 Å². The number of hydrogen-bond acceptors (Lipinski definition) is 0. The molecule has 0 nitrogen and oxygen atoms in total. The molecule has 0 fully saturated rings. The minimum Gasteiger partial charge on any atom is -0.0616 e. The van der Waals surface area contributed by atoms with Crippen LogP contribution in [0.1, 0.15) is 11.1 Å². The Morgan fingerprint density at radius 2 is 1.69 bits per heavy atom. The van der Waals surface area contributed by atoms with E-state index in [9.17, 15) is 0 Å². The Kier molecular flexibility index (Phi) is 1.97. The summed E-state index contributed by atoms with van der Waals surface area (Å²) < 4.78 is 0. The summed E-state index contributed by atoms with van der Waals surface area (Å²) in [5.74, 6) is 0. The molecule has 0 heteroatoms. The van der Waals surface area contributed by atoms with Crippen molar-refractivity contribution in [2.24, 2.45) is 0 Å². The first kappa shape index (κ1) is 9.41. The van der Waals surface area contributed by atoms with Crippen LogP contribution in [0.25, 0.3) is 21.5 Å². The molecule has 0 saturated carbocycles. The second kappa shape index (κ2) is 3.34. The van der Waals surface area contributed by atoms with Gasteiger partial charge in [-0.1, -0.05) is 42.5 Å². The lowest BCUT2D eigenvalue weighted by molar-refractivity contribution is 1.36. The first-order valence-corrected chi connectivity index (χ1v) is 5.57. The lowest BCUT2D eigenvalue weighted by Gasteiger charge is -2.06. The predicted molar refractivity (Wildman–Crippen MR) is 69.8 cm³/mol. The van der Waals surface area contributed by atoms with Crippen LogP contribution in [-0.4, -0.2) is 0 Å². The van der Waals surface area contributed by atoms with Crippen LogP contribution in [0, 0.1) is 19.9 Å². The van der Waals surface area contributed by atoms with Crippen LogP contribution < -0.4 is 0 Å². The number of aryl methyl sites for hydroxylation is 2. The minimum absolute atomic E-state index is 1.21. The minimum atomic E-state index is 1.21. The summed E-state index contributed by atoms with van der Waals surface area (Å²) in [6, 6.07) is 18.6. The maximum atomic E-state index is 3.45. The Labute approximate surface area is 95.5 Å². The van der Waals surface area contributed by atoms with Gasteiger partial charge in [-0.05, 0) is 52.6 Å². The highest BCUT2D eigenvalue weighted by Crippen LogP contribution is 2.27. The Hall–Kier alpha value is -1.82. The normalized spacial score (nSPS) is 11.1. The van der Waals surface area contributed by atoms with Gasteiger partial charge < -0.3 is 0 Å². The first-order valence-electron chi connectivity index (χ1n) is 5.57. The van der Waals surface area contributed by atoms with Crippen molar-refractivity contribution in [3.63, 3.8) is 0 Å². The molecule has 3 rings (SSSR count). The number of hydrogen-bond donors (Lipinski definition) is 0. The van der Waals surface area contributed by atoms with Gasteiger partial charge >= 0.3 is 0 Å². The van der Waals surface area contributed by atoms with Gasteiger partial charge in [-0.3, -0.25) is 0 Å². The van der Waals surface area contributed by atoms with Crippen molar-refractivity contribution >= 4 is 21.5 Å². The topological polar surface area (TPSA) is 0 Å². The molecule has 3 aromatic rings. The lowest BCUT2D eigenvalue weighted by Crippen LogP contribution is -1.84. The van der Waals surface area contributed by atoms with Gasteiger partial charge in [0.15, 0.2) is 0 Å². The molecule has 77 valence electrons. The summed E-state index contributed by atoms with van der Waals surface area (Å²) in [6.07, 6.45) is 0. The van der Waals surface area contributed by atoms with E-state index in [1.54, 1.807) is 0 Å². The third kappa shape index (κ3) is 1.30. The second-order valence-electron chi connectivity index (χ2n) is 4.33. The fourth-order valence-corrected chi connectivity index (χ4v) is 2.19. The predicted octanol–water partition coefficient (Wildman–Crippen LogP) is 4.41. The maximum Gasteiger partial charge on any atom is -0.00642 e. The van der Waals surface area contributed by atoms with E-state index in [4.69, 9.17) is 0 Å². The zero-order valence-corrected chi connectivity index (χ0v) is 9.54. The van der Waals surface area contributed by atoms with Crippen LogP contribution in [0.5, 0.6) is 0 Å². The van der Waals surface area contributed by atoms with Gasteiger partial charge in [0.05, 0.1) is 0 Å². The monoisotopic (exact) mass is 205 g/mol. The van der Waals surface area contributed by atoms with Crippen LogP contribution in [0.2, 0.25) is 0 Å². The van der Waals surface area contributed by atoms with E-state index in [1.165, 1.54) is 32.7 Å². The third-order valence-corrected chi connectivity index (χ3v) is 3.25. The molecule has 0 N–H and O–H groups in total. The fraction of sp³-hybridized carbons (Fsp3) is 0.125. The second-order valence-corrected chi connectivity index (χ2v) is 4.33. The third-order valence-electron chi connectivity index (χ3n) is 3.25. The van der Waals surface area contributed by atoms with Crippen LogP contribution in [0.15, 0.2) is 42.5 Å². The van der Waals surface area contributed by atoms with E-state index in [0.717, 1.165) is 0 Å². The number of fused-ring (bicyclic) bond motifs is 3. The average molecular weight is 205 g/mol. The van der Waals surface area contributed by atoms with Crippen molar-refractivity contribution in [2.45, 2.75) is 13.8 Å². The highest BCUT2D eigenvalue weighted by atomic mass is 14.1. The molecule has 0 aliphatic carbocycles. The van der Waals surface area contributed by atoms with Gasteiger partial charge in [-0.15, -0.1) is 0 Å². The molecule has 0 bridgehead atoms. The summed E-state index contributed by atoms with van der Waals surface area (Å²) in [7, 11) is 0. The van der Waals surface area contributed by atoms with Crippen molar-refractivity contribution in [3.05, 3.63) is 59.7 Å². The first-order chi connectivity index (χ1) is 7.75. The maximum absolute atomic E-state index is 3.45. The smallest absolute Gasteiger partial charge is 0.00642 e. The Bertz CT molecular complexity index is 678. The van der Waals surface area contributed by atoms with Crippen molar-refractivity contribution in [1.29, 1.82) is 0 Å². The summed E-state index contributed by atoms with van der Waals surface area (Å²) in [5, 5.41) is 5.13. The fourth-order valence-electron chi connectivity index (χ4n) is 2.19. The van der Waals surface area contributed by atoms with Crippen molar-refractivity contribution in [3.8, 4) is 0 Å². The van der Waals surface area contributed by atoms with Gasteiger partial charge in [0.2, 0.25) is 0 Å². The quantitative estimate of drug-likeness (QED) is 0.477. The summed E-state index contributed by atoms with van der Waals surface area (Å²) in [6.45, 7) is 4.26. The molecule has 0 unspecified atom stereocenters. The standard InChI is InChI=1S/C16H13/c1-11-9-14-8-7-13-5-3-4-6-15(13)16(14)10-12(11)2/h3-8,10H,1-2H3. The largest absolute Gasteiger partial charge is 0.0616 e. The Balaban J connectivity index is 2.55. The van der Waals surface area contributed by atoms with Gasteiger partial charge in [0.25, 0.3) is 0 Å². The van der Waals surface area contributed by atoms with Crippen molar-refractivity contribution in [2.75, 3.05) is 0 Å². The van der Waals surface area contributed by atoms with E-state index < -0.39 is 0 Å². The molecule has 0 atom stereocenters. The highest BCUT2D eigenvalue weighted by Gasteiger charge is 2.02. The zero-order valence-electron chi connectivity index (χ0n) is 9.54. The molecule has 0 heterocycles. The van der Waals surface area contributed by atoms with Crippen molar-refractivity contribution in [1.82, 2.24) is 0 Å². The number of benzene rings is 3. The molecule has 0 aliphatic heterocycles. The Morgan fingerprint density at radius 3 is 2.56 bits per heavy atom. The SMILES string of the molecule is Cc1[c]c2ccc3ccccc3c2cc1C. The summed E-state index contributed by atoms with van der Waals surface area (Å²) in [4.78, 5) is 0. The van der Waals surface area contributed by atoms with Gasteiger partial charge in [0, 0.05) is 0 Å². The zero-order chi connectivity index (χ0) is 11.1. The highest BCUT2D eigenvalue weighted by molar-refractivity contribution is 6.07. The van der Waals surface area contributed by atoms with E-state index >= 15 is 0 Å². The van der Waals surface area contributed by atoms with Gasteiger partial charge in [-0.2, -0.15) is 0 Å². The van der Waals surface area contributed by atoms with Crippen LogP contribution in [-0.2, 0) is 0 Å². The van der Waals surface area contributed by atoms with E-state index in [0.29, 0.717) is 0 Å². The molecule has 16 heavy (non-hydrogen) atoms. The Morgan fingerprint density at radius 1 is 0.875 bits per heavy atom. The number of rotatable bonds is 0. The summed E-state index contributed by atoms with van der Waals surface area (Å²) in [5.41, 5.74) is 2.55. The lowest BCUT2D eigenvalue weighted by atomic mass is 9.98. The molecule has 1 radical (unpaired) electrons.